The third-order valence-electron chi connectivity index (χ3n) is 4.35. The van der Waals surface area contributed by atoms with Crippen LogP contribution in [0.4, 0.5) is 11.4 Å². The van der Waals surface area contributed by atoms with Gasteiger partial charge in [0.25, 0.3) is 5.91 Å². The van der Waals surface area contributed by atoms with Gasteiger partial charge in [0.2, 0.25) is 0 Å². The zero-order chi connectivity index (χ0) is 19.7. The van der Waals surface area contributed by atoms with Crippen molar-refractivity contribution >= 4 is 50.9 Å². The van der Waals surface area contributed by atoms with Crippen molar-refractivity contribution in [3.8, 4) is 5.69 Å². The lowest BCUT2D eigenvalue weighted by Gasteiger charge is -2.12. The molecule has 0 radical (unpaired) electrons. The summed E-state index contributed by atoms with van der Waals surface area (Å²) in [4.78, 5) is 16.2. The number of nitrogens with one attached hydrogen (secondary N) is 1. The van der Waals surface area contributed by atoms with Crippen LogP contribution in [0, 0.1) is 3.57 Å². The largest absolute Gasteiger partial charge is 0.378 e. The number of nitrogens with zero attached hydrogens (tertiary/aromatic N) is 4. The van der Waals surface area contributed by atoms with Crippen LogP contribution in [-0.4, -0.2) is 35.0 Å². The van der Waals surface area contributed by atoms with Crippen LogP contribution in [0.1, 0.15) is 10.4 Å². The normalized spacial score (nSPS) is 10.8. The molecule has 140 valence electrons. The number of amides is 1. The van der Waals surface area contributed by atoms with Crippen molar-refractivity contribution in [2.45, 2.75) is 0 Å². The van der Waals surface area contributed by atoms with Gasteiger partial charge in [-0.1, -0.05) is 12.1 Å². The number of carbonyl (C=O) groups is 1. The predicted molar refractivity (Wildman–Crippen MR) is 120 cm³/mol. The van der Waals surface area contributed by atoms with Crippen molar-refractivity contribution in [2.24, 2.45) is 0 Å². The first-order chi connectivity index (χ1) is 13.5. The van der Waals surface area contributed by atoms with Gasteiger partial charge in [0.1, 0.15) is 11.0 Å². The number of aromatic nitrogens is 3. The Morgan fingerprint density at radius 3 is 2.39 bits per heavy atom. The number of hydrogen-bond acceptors (Lipinski definition) is 4. The first-order valence-corrected chi connectivity index (χ1v) is 9.80. The zero-order valence-corrected chi connectivity index (χ0v) is 17.6. The molecule has 1 amide bonds. The van der Waals surface area contributed by atoms with Crippen LogP contribution in [0.5, 0.6) is 0 Å². The summed E-state index contributed by atoms with van der Waals surface area (Å²) in [6, 6.07) is 21.0. The van der Waals surface area contributed by atoms with Crippen LogP contribution < -0.4 is 10.2 Å². The predicted octanol–water partition coefficient (Wildman–Crippen LogP) is 4.34. The van der Waals surface area contributed by atoms with Gasteiger partial charge in [-0.25, -0.2) is 0 Å². The topological polar surface area (TPSA) is 63.1 Å². The molecule has 0 atom stereocenters. The van der Waals surface area contributed by atoms with Crippen molar-refractivity contribution < 1.29 is 4.79 Å². The van der Waals surface area contributed by atoms with E-state index >= 15 is 0 Å². The highest BCUT2D eigenvalue weighted by Gasteiger charge is 2.11. The molecule has 3 aromatic carbocycles. The van der Waals surface area contributed by atoms with E-state index in [9.17, 15) is 4.79 Å². The van der Waals surface area contributed by atoms with Gasteiger partial charge in [-0.2, -0.15) is 4.80 Å². The summed E-state index contributed by atoms with van der Waals surface area (Å²) in [5.41, 5.74) is 4.81. The van der Waals surface area contributed by atoms with Crippen LogP contribution in [-0.2, 0) is 0 Å². The number of halogens is 1. The summed E-state index contributed by atoms with van der Waals surface area (Å²) >= 11 is 2.16. The molecule has 1 heterocycles. The number of rotatable bonds is 4. The molecule has 4 rings (SSSR count). The van der Waals surface area contributed by atoms with E-state index in [0.717, 1.165) is 26.0 Å². The maximum Gasteiger partial charge on any atom is 0.256 e. The standard InChI is InChI=1S/C21H18IN5O/c1-26(2)15-8-10-16(11-9-15)27-24-19-12-7-14(13-20(19)25-27)23-21(28)17-5-3-4-6-18(17)22/h3-13H,1-2H3,(H,23,28). The number of anilines is 2. The Kier molecular flexibility index (Phi) is 4.99. The van der Waals surface area contributed by atoms with E-state index < -0.39 is 0 Å². The lowest BCUT2D eigenvalue weighted by molar-refractivity contribution is 0.102. The van der Waals surface area contributed by atoms with Crippen LogP contribution in [0.15, 0.2) is 66.7 Å². The molecule has 0 aliphatic rings. The minimum Gasteiger partial charge on any atom is -0.378 e. The fourth-order valence-corrected chi connectivity index (χ4v) is 3.47. The second kappa shape index (κ2) is 7.59. The average molecular weight is 483 g/mol. The number of hydrogen-bond donors (Lipinski definition) is 1. The summed E-state index contributed by atoms with van der Waals surface area (Å²) in [6.45, 7) is 0. The molecule has 1 aromatic heterocycles. The van der Waals surface area contributed by atoms with Crippen LogP contribution >= 0.6 is 22.6 Å². The molecule has 0 spiro atoms. The zero-order valence-electron chi connectivity index (χ0n) is 15.4. The molecule has 28 heavy (non-hydrogen) atoms. The van der Waals surface area contributed by atoms with Gasteiger partial charge in [-0.05, 0) is 77.2 Å². The quantitative estimate of drug-likeness (QED) is 0.439. The molecule has 0 bridgehead atoms. The third kappa shape index (κ3) is 3.70. The Bertz CT molecular complexity index is 1150. The monoisotopic (exact) mass is 483 g/mol. The second-order valence-electron chi connectivity index (χ2n) is 6.54. The van der Waals surface area contributed by atoms with Crippen LogP contribution in [0.25, 0.3) is 16.7 Å². The van der Waals surface area contributed by atoms with Crippen molar-refractivity contribution in [3.05, 3.63) is 75.9 Å². The lowest BCUT2D eigenvalue weighted by atomic mass is 10.2. The summed E-state index contributed by atoms with van der Waals surface area (Å²) < 4.78 is 0.908. The van der Waals surface area contributed by atoms with Gasteiger partial charge in [0.15, 0.2) is 0 Å². The van der Waals surface area contributed by atoms with Gasteiger partial charge in [0, 0.05) is 29.0 Å². The lowest BCUT2D eigenvalue weighted by Crippen LogP contribution is -2.13. The Balaban J connectivity index is 1.60. The van der Waals surface area contributed by atoms with E-state index in [1.165, 1.54) is 0 Å². The fraction of sp³-hybridized carbons (Fsp3) is 0.0952. The summed E-state index contributed by atoms with van der Waals surface area (Å²) in [6.07, 6.45) is 0. The maximum atomic E-state index is 12.5. The van der Waals surface area contributed by atoms with Gasteiger partial charge < -0.3 is 10.2 Å². The Morgan fingerprint density at radius 2 is 1.68 bits per heavy atom. The van der Waals surface area contributed by atoms with Crippen molar-refractivity contribution in [1.82, 2.24) is 15.0 Å². The molecule has 0 aliphatic carbocycles. The van der Waals surface area contributed by atoms with Gasteiger partial charge in [-0.15, -0.1) is 10.2 Å². The first-order valence-electron chi connectivity index (χ1n) is 8.72. The van der Waals surface area contributed by atoms with Gasteiger partial charge in [-0.3, -0.25) is 4.79 Å². The molecule has 1 N–H and O–H groups in total. The maximum absolute atomic E-state index is 12.5. The van der Waals surface area contributed by atoms with Crippen molar-refractivity contribution in [3.63, 3.8) is 0 Å². The third-order valence-corrected chi connectivity index (χ3v) is 5.29. The molecule has 4 aromatic rings. The second-order valence-corrected chi connectivity index (χ2v) is 7.70. The molecular weight excluding hydrogens is 465 g/mol. The van der Waals surface area contributed by atoms with Crippen LogP contribution in [0.3, 0.4) is 0 Å². The highest BCUT2D eigenvalue weighted by Crippen LogP contribution is 2.20. The van der Waals surface area contributed by atoms with Crippen molar-refractivity contribution in [2.75, 3.05) is 24.3 Å². The van der Waals surface area contributed by atoms with E-state index in [1.807, 2.05) is 85.7 Å². The molecule has 0 saturated heterocycles. The van der Waals surface area contributed by atoms with E-state index in [-0.39, 0.29) is 5.91 Å². The fourth-order valence-electron chi connectivity index (χ4n) is 2.84. The molecule has 6 nitrogen and oxygen atoms in total. The molecular formula is C21H18IN5O. The highest BCUT2D eigenvalue weighted by atomic mass is 127. The number of benzene rings is 3. The molecule has 0 fully saturated rings. The van der Waals surface area contributed by atoms with E-state index in [0.29, 0.717) is 11.3 Å². The van der Waals surface area contributed by atoms with Gasteiger partial charge >= 0.3 is 0 Å². The first kappa shape index (κ1) is 18.4. The molecule has 0 unspecified atom stereocenters. The Labute approximate surface area is 176 Å². The number of carbonyl (C=O) groups excluding carboxylic acids is 1. The van der Waals surface area contributed by atoms with E-state index in [2.05, 4.69) is 38.1 Å². The molecule has 0 aliphatic heterocycles. The number of fused-ring (bicyclic) bond motifs is 1. The summed E-state index contributed by atoms with van der Waals surface area (Å²) in [5, 5.41) is 12.0. The Morgan fingerprint density at radius 1 is 0.964 bits per heavy atom. The minimum atomic E-state index is -0.143. The van der Waals surface area contributed by atoms with E-state index in [1.54, 1.807) is 4.80 Å². The molecule has 7 heteroatoms. The van der Waals surface area contributed by atoms with E-state index in [4.69, 9.17) is 0 Å². The smallest absolute Gasteiger partial charge is 0.256 e. The Hall–Kier alpha value is -2.94. The minimum absolute atomic E-state index is 0.143. The highest BCUT2D eigenvalue weighted by molar-refractivity contribution is 14.1. The van der Waals surface area contributed by atoms with Gasteiger partial charge in [0.05, 0.1) is 11.3 Å². The SMILES string of the molecule is CN(C)c1ccc(-n2nc3ccc(NC(=O)c4ccccc4I)cc3n2)cc1. The van der Waals surface area contributed by atoms with Crippen LogP contribution in [0.2, 0.25) is 0 Å². The summed E-state index contributed by atoms with van der Waals surface area (Å²) in [7, 11) is 4.00. The summed E-state index contributed by atoms with van der Waals surface area (Å²) in [5.74, 6) is -0.143. The van der Waals surface area contributed by atoms with Crippen molar-refractivity contribution in [1.29, 1.82) is 0 Å². The molecule has 0 saturated carbocycles. The average Bonchev–Trinajstić information content (AvgIpc) is 3.11.